The predicted molar refractivity (Wildman–Crippen MR) is 153 cm³/mol. The number of hydrogen-bond acceptors (Lipinski definition) is 4. The Balaban J connectivity index is 1.45. The number of aromatic nitrogens is 3. The molecular weight excluding hydrogens is 605 g/mol. The molecule has 13 heteroatoms. The number of nitrogens with zero attached hydrogens (tertiary/aromatic N) is 3. The number of fused-ring (bicyclic) bond motifs is 1. The van der Waals surface area contributed by atoms with E-state index in [0.29, 0.717) is 47.3 Å². The standard InChI is InChI=1S/C31H27ClF5N5O2/c32-31(36,37)29-23-4-1-2-6-26(23)42(41-29)16-27(43)40-15-19(10-17-11-20(33)14-21(34)12-17)28-22(5-3-9-39-28)18-7-8-25(35)24(13-18)30(38)44/h3,5,7-9,11-14,19H,1-2,4,6,10,15-16H2,(H2,38,44)(H,40,43). The van der Waals surface area contributed by atoms with Gasteiger partial charge in [0.1, 0.15) is 24.0 Å². The molecule has 1 unspecified atom stereocenters. The third kappa shape index (κ3) is 6.91. The number of amides is 2. The van der Waals surface area contributed by atoms with Crippen LogP contribution in [0.3, 0.4) is 0 Å². The average molecular weight is 632 g/mol. The van der Waals surface area contributed by atoms with Crippen LogP contribution in [0.15, 0.2) is 54.7 Å². The Kier molecular flexibility index (Phi) is 9.00. The van der Waals surface area contributed by atoms with Crippen LogP contribution in [0.1, 0.15) is 57.3 Å². The number of carbonyl (C=O) groups is 2. The van der Waals surface area contributed by atoms with Gasteiger partial charge in [0.25, 0.3) is 5.91 Å². The molecule has 1 atom stereocenters. The zero-order valence-electron chi connectivity index (χ0n) is 23.2. The van der Waals surface area contributed by atoms with E-state index in [1.165, 1.54) is 23.0 Å². The van der Waals surface area contributed by atoms with Crippen LogP contribution in [-0.2, 0) is 36.0 Å². The number of nitrogens with one attached hydrogen (secondary N) is 1. The Morgan fingerprint density at radius 1 is 1.05 bits per heavy atom. The number of carbonyl (C=O) groups excluding carboxylic acids is 2. The molecule has 0 saturated carbocycles. The molecule has 0 radical (unpaired) electrons. The molecular formula is C31H27ClF5N5O2. The van der Waals surface area contributed by atoms with Gasteiger partial charge in [-0.25, -0.2) is 13.2 Å². The van der Waals surface area contributed by atoms with Crippen LogP contribution in [0, 0.1) is 17.5 Å². The Morgan fingerprint density at radius 2 is 1.77 bits per heavy atom. The molecule has 0 saturated heterocycles. The van der Waals surface area contributed by atoms with E-state index in [0.717, 1.165) is 30.7 Å². The monoisotopic (exact) mass is 631 g/mol. The fourth-order valence-electron chi connectivity index (χ4n) is 5.61. The summed E-state index contributed by atoms with van der Waals surface area (Å²) in [4.78, 5) is 29.4. The Morgan fingerprint density at radius 3 is 2.48 bits per heavy atom. The minimum atomic E-state index is -3.68. The maximum Gasteiger partial charge on any atom is 0.366 e. The van der Waals surface area contributed by atoms with Crippen LogP contribution < -0.4 is 11.1 Å². The van der Waals surface area contributed by atoms with Crippen molar-refractivity contribution in [2.45, 2.75) is 49.9 Å². The van der Waals surface area contributed by atoms with Crippen LogP contribution in [0.4, 0.5) is 22.0 Å². The largest absolute Gasteiger partial charge is 0.366 e. The summed E-state index contributed by atoms with van der Waals surface area (Å²) in [6, 6.07) is 10.2. The van der Waals surface area contributed by atoms with Crippen molar-refractivity contribution < 1.29 is 31.5 Å². The van der Waals surface area contributed by atoms with Gasteiger partial charge < -0.3 is 11.1 Å². The third-order valence-electron chi connectivity index (χ3n) is 7.54. The topological polar surface area (TPSA) is 103 Å². The summed E-state index contributed by atoms with van der Waals surface area (Å²) in [5, 5.41) is 3.06. The molecule has 0 fully saturated rings. The molecule has 2 aromatic heterocycles. The van der Waals surface area contributed by atoms with Crippen LogP contribution >= 0.6 is 11.6 Å². The Labute approximate surface area is 254 Å². The van der Waals surface area contributed by atoms with E-state index in [4.69, 9.17) is 17.3 Å². The molecule has 1 aliphatic carbocycles. The highest BCUT2D eigenvalue weighted by Crippen LogP contribution is 2.38. The Hall–Kier alpha value is -4.32. The quantitative estimate of drug-likeness (QED) is 0.171. The lowest BCUT2D eigenvalue weighted by atomic mass is 9.89. The van der Waals surface area contributed by atoms with E-state index in [1.807, 2.05) is 0 Å². The normalized spacial score (nSPS) is 13.8. The Bertz CT molecular complexity index is 1700. The second kappa shape index (κ2) is 12.7. The van der Waals surface area contributed by atoms with Gasteiger partial charge in [0.05, 0.1) is 11.3 Å². The second-order valence-corrected chi connectivity index (χ2v) is 11.1. The maximum absolute atomic E-state index is 14.2. The zero-order valence-corrected chi connectivity index (χ0v) is 24.0. The molecule has 2 aromatic carbocycles. The molecule has 0 spiro atoms. The van der Waals surface area contributed by atoms with Crippen LogP contribution in [-0.4, -0.2) is 33.1 Å². The summed E-state index contributed by atoms with van der Waals surface area (Å²) in [6.07, 6.45) is 3.82. The summed E-state index contributed by atoms with van der Waals surface area (Å²) in [5.41, 5.74) is 6.87. The van der Waals surface area contributed by atoms with Gasteiger partial charge in [-0.15, -0.1) is 0 Å². The number of rotatable bonds is 10. The molecule has 2 heterocycles. The minimum Gasteiger partial charge on any atom is -0.366 e. The van der Waals surface area contributed by atoms with E-state index in [9.17, 15) is 31.5 Å². The van der Waals surface area contributed by atoms with Crippen molar-refractivity contribution in [1.82, 2.24) is 20.1 Å². The number of benzene rings is 2. The summed E-state index contributed by atoms with van der Waals surface area (Å²) >= 11 is 5.30. The van der Waals surface area contributed by atoms with E-state index >= 15 is 0 Å². The van der Waals surface area contributed by atoms with Crippen molar-refractivity contribution in [3.05, 3.63) is 106 Å². The molecule has 230 valence electrons. The predicted octanol–water partition coefficient (Wildman–Crippen LogP) is 5.77. The first-order valence-corrected chi connectivity index (χ1v) is 14.2. The summed E-state index contributed by atoms with van der Waals surface area (Å²) < 4.78 is 71.7. The van der Waals surface area contributed by atoms with Gasteiger partial charge in [0, 0.05) is 41.5 Å². The highest BCUT2D eigenvalue weighted by atomic mass is 35.5. The zero-order chi connectivity index (χ0) is 31.6. The molecule has 1 aliphatic rings. The van der Waals surface area contributed by atoms with Gasteiger partial charge in [-0.3, -0.25) is 19.3 Å². The highest BCUT2D eigenvalue weighted by Gasteiger charge is 2.37. The van der Waals surface area contributed by atoms with Gasteiger partial charge in [0.15, 0.2) is 5.69 Å². The average Bonchev–Trinajstić information content (AvgIpc) is 3.34. The van der Waals surface area contributed by atoms with Crippen molar-refractivity contribution in [2.75, 3.05) is 6.54 Å². The number of hydrogen-bond donors (Lipinski definition) is 2. The van der Waals surface area contributed by atoms with Gasteiger partial charge in [-0.2, -0.15) is 13.9 Å². The lowest BCUT2D eigenvalue weighted by molar-refractivity contribution is -0.122. The van der Waals surface area contributed by atoms with E-state index < -0.39 is 46.3 Å². The van der Waals surface area contributed by atoms with Crippen molar-refractivity contribution in [2.24, 2.45) is 5.73 Å². The van der Waals surface area contributed by atoms with E-state index in [2.05, 4.69) is 15.4 Å². The number of alkyl halides is 3. The first kappa shape index (κ1) is 31.1. The van der Waals surface area contributed by atoms with Crippen LogP contribution in [0.25, 0.3) is 11.1 Å². The summed E-state index contributed by atoms with van der Waals surface area (Å²) in [7, 11) is 0. The minimum absolute atomic E-state index is 0.0304. The highest BCUT2D eigenvalue weighted by molar-refractivity contribution is 6.21. The first-order valence-electron chi connectivity index (χ1n) is 13.8. The lowest BCUT2D eigenvalue weighted by Gasteiger charge is -2.21. The van der Waals surface area contributed by atoms with Crippen molar-refractivity contribution in [3.63, 3.8) is 0 Å². The van der Waals surface area contributed by atoms with E-state index in [-0.39, 0.29) is 30.6 Å². The van der Waals surface area contributed by atoms with Gasteiger partial charge in [-0.1, -0.05) is 12.1 Å². The maximum atomic E-state index is 14.2. The SMILES string of the molecule is NC(=O)c1cc(-c2cccnc2C(CNC(=O)Cn2nc(C(F)(F)Cl)c3c2CCCC3)Cc2cc(F)cc(F)c2)ccc1F. The molecule has 0 aliphatic heterocycles. The fraction of sp³-hybridized carbons (Fsp3) is 0.290. The summed E-state index contributed by atoms with van der Waals surface area (Å²) in [6.45, 7) is -0.432. The van der Waals surface area contributed by atoms with Crippen molar-refractivity contribution in [3.8, 4) is 11.1 Å². The molecule has 0 bridgehead atoms. The second-order valence-electron chi connectivity index (χ2n) is 10.6. The number of primary amides is 1. The summed E-state index contributed by atoms with van der Waals surface area (Å²) in [5.74, 6) is -4.57. The fourth-order valence-corrected chi connectivity index (χ4v) is 5.76. The van der Waals surface area contributed by atoms with Gasteiger partial charge in [0.2, 0.25) is 5.91 Å². The number of halogens is 6. The van der Waals surface area contributed by atoms with Crippen LogP contribution in [0.2, 0.25) is 0 Å². The molecule has 44 heavy (non-hydrogen) atoms. The molecule has 2 amide bonds. The lowest BCUT2D eigenvalue weighted by Crippen LogP contribution is -2.33. The van der Waals surface area contributed by atoms with E-state index in [1.54, 1.807) is 12.1 Å². The van der Waals surface area contributed by atoms with Gasteiger partial charge >= 0.3 is 5.38 Å². The van der Waals surface area contributed by atoms with Crippen molar-refractivity contribution in [1.29, 1.82) is 0 Å². The molecule has 5 rings (SSSR count). The molecule has 3 N–H and O–H groups in total. The molecule has 4 aromatic rings. The van der Waals surface area contributed by atoms with Crippen LogP contribution in [0.5, 0.6) is 0 Å². The number of nitrogens with two attached hydrogens (primary N) is 1. The van der Waals surface area contributed by atoms with Gasteiger partial charge in [-0.05, 0) is 85.2 Å². The third-order valence-corrected chi connectivity index (χ3v) is 7.72. The molecule has 7 nitrogen and oxygen atoms in total. The smallest absolute Gasteiger partial charge is 0.366 e. The first-order chi connectivity index (χ1) is 20.9. The number of pyridine rings is 1. The van der Waals surface area contributed by atoms with Crippen molar-refractivity contribution >= 4 is 23.4 Å².